The van der Waals surface area contributed by atoms with Crippen LogP contribution >= 0.6 is 0 Å². The Morgan fingerprint density at radius 2 is 1.21 bits per heavy atom. The van der Waals surface area contributed by atoms with Gasteiger partial charge in [-0.1, -0.05) is 12.1 Å². The number of carboxylic acids is 1. The molecule has 0 heterocycles. The summed E-state index contributed by atoms with van der Waals surface area (Å²) in [5, 5.41) is 66.8. The monoisotopic (exact) mass is 897 g/mol. The molecule has 26 heteroatoms. The molecule has 0 spiro atoms. The minimum absolute atomic E-state index is 0.121. The lowest BCUT2D eigenvalue weighted by Crippen LogP contribution is -2.62. The maximum absolute atomic E-state index is 13.0. The van der Waals surface area contributed by atoms with Gasteiger partial charge in [-0.3, -0.25) is 43.2 Å². The fraction of sp³-hybridized carbons (Fsp3) is 0.568. The molecule has 63 heavy (non-hydrogen) atoms. The molecule has 1 aromatic rings. The van der Waals surface area contributed by atoms with Crippen molar-refractivity contribution >= 4 is 64.8 Å². The number of aliphatic hydroxyl groups is 4. The quantitative estimate of drug-likeness (QED) is 0.0319. The third-order valence-corrected chi connectivity index (χ3v) is 8.91. The van der Waals surface area contributed by atoms with E-state index >= 15 is 0 Å². The first-order valence-electron chi connectivity index (χ1n) is 19.6. The number of amides is 9. The Bertz CT molecular complexity index is 1750. The van der Waals surface area contributed by atoms with Crippen LogP contribution in [0.4, 0.5) is 5.69 Å². The predicted octanol–water partition coefficient (Wildman–Crippen LogP) is -7.62. The summed E-state index contributed by atoms with van der Waals surface area (Å²) in [5.74, 6) is -9.65. The van der Waals surface area contributed by atoms with Crippen molar-refractivity contribution < 1.29 is 73.5 Å². The molecule has 0 aromatic heterocycles. The predicted molar refractivity (Wildman–Crippen MR) is 219 cm³/mol. The molecule has 0 fully saturated rings. The van der Waals surface area contributed by atoms with Gasteiger partial charge >= 0.3 is 5.97 Å². The number of carbonyl (C=O) groups excluding carboxylic acids is 9. The fourth-order valence-corrected chi connectivity index (χ4v) is 5.44. The summed E-state index contributed by atoms with van der Waals surface area (Å²) in [6, 6.07) is -4.10. The third kappa shape index (κ3) is 20.9. The van der Waals surface area contributed by atoms with Gasteiger partial charge < -0.3 is 85.3 Å². The summed E-state index contributed by atoms with van der Waals surface area (Å²) in [4.78, 5) is 123. The van der Waals surface area contributed by atoms with E-state index in [0.29, 0.717) is 24.1 Å². The number of carboxylic acid groups (broad SMARTS) is 1. The Morgan fingerprint density at radius 1 is 0.667 bits per heavy atom. The number of benzene rings is 1. The van der Waals surface area contributed by atoms with Crippen LogP contribution in [0.5, 0.6) is 0 Å². The average Bonchev–Trinajstić information content (AvgIpc) is 3.21. The molecule has 1 aromatic carbocycles. The lowest BCUT2D eigenvalue weighted by atomic mass is 10.0. The summed E-state index contributed by atoms with van der Waals surface area (Å²) in [5.41, 5.74) is 17.2. The molecule has 1 unspecified atom stereocenters. The van der Waals surface area contributed by atoms with E-state index in [1.807, 2.05) is 0 Å². The van der Waals surface area contributed by atoms with Gasteiger partial charge in [0.05, 0.1) is 38.4 Å². The molecule has 0 aliphatic carbocycles. The van der Waals surface area contributed by atoms with E-state index in [-0.39, 0.29) is 38.3 Å². The van der Waals surface area contributed by atoms with Gasteiger partial charge in [-0.25, -0.2) is 4.79 Å². The molecule has 0 radical (unpaired) electrons. The van der Waals surface area contributed by atoms with Crippen LogP contribution in [0, 0.1) is 0 Å². The molecule has 0 saturated heterocycles. The highest BCUT2D eigenvalue weighted by Gasteiger charge is 2.34. The number of unbranched alkanes of at least 4 members (excludes halogenated alkanes) is 1. The Labute approximate surface area is 361 Å². The number of aliphatic carboxylic acids is 1. The molecule has 0 aliphatic heterocycles. The summed E-state index contributed by atoms with van der Waals surface area (Å²) in [6.45, 7) is 0.109. The van der Waals surface area contributed by atoms with Crippen molar-refractivity contribution in [1.82, 2.24) is 37.2 Å². The van der Waals surface area contributed by atoms with Gasteiger partial charge in [-0.15, -0.1) is 0 Å². The maximum Gasteiger partial charge on any atom is 0.328 e. The molecule has 352 valence electrons. The number of anilines is 1. The molecule has 8 atom stereocenters. The topological polar surface area (TPSA) is 446 Å². The second kappa shape index (κ2) is 28.3. The summed E-state index contributed by atoms with van der Waals surface area (Å²) in [6.07, 6.45) is -2.12. The average molecular weight is 898 g/mol. The number of nitrogens with one attached hydrogen (secondary N) is 8. The van der Waals surface area contributed by atoms with E-state index in [2.05, 4.69) is 42.5 Å². The van der Waals surface area contributed by atoms with Gasteiger partial charge in [-0.2, -0.15) is 0 Å². The highest BCUT2D eigenvalue weighted by molar-refractivity contribution is 5.97. The second-order valence-corrected chi connectivity index (χ2v) is 14.2. The van der Waals surface area contributed by atoms with Crippen LogP contribution in [0.3, 0.4) is 0 Å². The Morgan fingerprint density at radius 3 is 1.73 bits per heavy atom. The first kappa shape index (κ1) is 54.7. The van der Waals surface area contributed by atoms with Gasteiger partial charge in [0.15, 0.2) is 0 Å². The van der Waals surface area contributed by atoms with Gasteiger partial charge in [0.1, 0.15) is 36.3 Å². The smallest absolute Gasteiger partial charge is 0.328 e. The van der Waals surface area contributed by atoms with Crippen molar-refractivity contribution in [3.05, 3.63) is 29.8 Å². The van der Waals surface area contributed by atoms with Gasteiger partial charge in [0, 0.05) is 25.6 Å². The van der Waals surface area contributed by atoms with Gasteiger partial charge in [0.25, 0.3) is 0 Å². The van der Waals surface area contributed by atoms with Crippen LogP contribution in [0.15, 0.2) is 24.3 Å². The lowest BCUT2D eigenvalue weighted by Gasteiger charge is -2.26. The Kier molecular flexibility index (Phi) is 24.6. The van der Waals surface area contributed by atoms with E-state index in [0.717, 1.165) is 6.92 Å². The number of aliphatic hydroxyl groups excluding tert-OH is 4. The van der Waals surface area contributed by atoms with Crippen molar-refractivity contribution in [1.29, 1.82) is 0 Å². The number of nitrogens with two attached hydrogens (primary N) is 3. The number of rotatable bonds is 30. The zero-order valence-corrected chi connectivity index (χ0v) is 34.8. The van der Waals surface area contributed by atoms with Crippen LogP contribution in [-0.4, -0.2) is 166 Å². The van der Waals surface area contributed by atoms with E-state index in [4.69, 9.17) is 22.3 Å². The molecule has 0 bridgehead atoms. The molecular formula is C37H59N11O15. The van der Waals surface area contributed by atoms with E-state index in [1.54, 1.807) is 24.3 Å². The Balaban J connectivity index is 2.76. The van der Waals surface area contributed by atoms with Gasteiger partial charge in [0.2, 0.25) is 53.2 Å². The molecular weight excluding hydrogens is 838 g/mol. The van der Waals surface area contributed by atoms with Crippen LogP contribution < -0.4 is 59.7 Å². The summed E-state index contributed by atoms with van der Waals surface area (Å²) >= 11 is 0. The third-order valence-electron chi connectivity index (χ3n) is 8.91. The highest BCUT2D eigenvalue weighted by atomic mass is 16.4. The van der Waals surface area contributed by atoms with Crippen molar-refractivity contribution in [3.8, 4) is 0 Å². The van der Waals surface area contributed by atoms with Crippen molar-refractivity contribution in [2.24, 2.45) is 17.2 Å². The zero-order chi connectivity index (χ0) is 47.8. The normalized spacial score (nSPS) is 14.7. The largest absolute Gasteiger partial charge is 0.480 e. The first-order chi connectivity index (χ1) is 29.6. The number of hydrogen-bond donors (Lipinski definition) is 16. The fourth-order valence-electron chi connectivity index (χ4n) is 5.44. The van der Waals surface area contributed by atoms with Gasteiger partial charge in [-0.05, 0) is 56.8 Å². The molecule has 0 aliphatic rings. The molecule has 1 rings (SSSR count). The minimum atomic E-state index is -1.84. The van der Waals surface area contributed by atoms with Crippen LogP contribution in [0.25, 0.3) is 0 Å². The van der Waals surface area contributed by atoms with Crippen molar-refractivity contribution in [3.63, 3.8) is 0 Å². The summed E-state index contributed by atoms with van der Waals surface area (Å²) in [7, 11) is 0. The van der Waals surface area contributed by atoms with Crippen molar-refractivity contribution in [2.45, 2.75) is 101 Å². The SMILES string of the molecule is CC(=O)Nc1ccc(C[C@@H](NCCCCNC(=O)CCC(NC(=O)[C@H](CO)NC(=O)[C@@H](NC(=O)[C@H](CC(N)=O)NC(=O)[C@@H](N)CO)[C@@H](C)O)C(N)=O)C(=O)N[C@@H](CO)C(=O)O)cc1. The number of carbonyl (C=O) groups is 10. The molecule has 0 saturated carbocycles. The molecule has 9 amide bonds. The van der Waals surface area contributed by atoms with E-state index in [1.165, 1.54) is 6.92 Å². The van der Waals surface area contributed by atoms with E-state index < -0.39 is 128 Å². The van der Waals surface area contributed by atoms with Crippen LogP contribution in [0.2, 0.25) is 0 Å². The second-order valence-electron chi connectivity index (χ2n) is 14.2. The highest BCUT2D eigenvalue weighted by Crippen LogP contribution is 2.12. The summed E-state index contributed by atoms with van der Waals surface area (Å²) < 4.78 is 0. The van der Waals surface area contributed by atoms with Crippen molar-refractivity contribution in [2.75, 3.05) is 38.2 Å². The standard InChI is InChI=1S/C37H59N11O15/c1-18(52)30(48-34(59)25(14-28(39)54)45-32(57)22(38)15-49)36(61)46-26(16-50)35(60)44-23(31(40)56)9-10-29(55)42-12-4-3-11-41-24(33(58)47-27(17-51)37(62)63)13-20-5-7-21(8-6-20)43-19(2)53/h5-8,18,22-27,30,41,49-52H,3-4,9-17,38H2,1-2H3,(H2,39,54)(H2,40,56)(H,42,55)(H,43,53)(H,44,60)(H,45,57)(H,46,61)(H,47,58)(H,48,59)(H,62,63)/t18-,22+,23?,24-,25+,26+,27+,30+/m1/s1. The van der Waals surface area contributed by atoms with E-state index in [9.17, 15) is 68.4 Å². The van der Waals surface area contributed by atoms with Crippen LogP contribution in [-0.2, 0) is 54.4 Å². The number of primary amides is 2. The van der Waals surface area contributed by atoms with Crippen LogP contribution in [0.1, 0.15) is 51.5 Å². The number of hydrogen-bond acceptors (Lipinski definition) is 16. The molecule has 26 nitrogen and oxygen atoms in total. The molecule has 19 N–H and O–H groups in total. The first-order valence-corrected chi connectivity index (χ1v) is 19.6. The minimum Gasteiger partial charge on any atom is -0.480 e. The zero-order valence-electron chi connectivity index (χ0n) is 34.8. The maximum atomic E-state index is 13.0. The Hall–Kier alpha value is -6.32. The lowest BCUT2D eigenvalue weighted by molar-refractivity contribution is -0.143.